The van der Waals surface area contributed by atoms with Crippen molar-refractivity contribution in [2.75, 3.05) is 39.3 Å². The summed E-state index contributed by atoms with van der Waals surface area (Å²) in [4.78, 5) is 5.43. The summed E-state index contributed by atoms with van der Waals surface area (Å²) in [6.45, 7) is 7.93. The molecule has 2 heterocycles. The number of nitrogens with one attached hydrogen (secondary N) is 1. The minimum Gasteiger partial charge on any atom is -0.310 e. The molecule has 0 radical (unpaired) electrons. The Morgan fingerprint density at radius 1 is 0.714 bits per heavy atom. The van der Waals surface area contributed by atoms with Crippen molar-refractivity contribution in [1.29, 1.82) is 0 Å². The Bertz CT molecular complexity index is 333. The van der Waals surface area contributed by atoms with E-state index in [0.717, 1.165) is 23.9 Å². The van der Waals surface area contributed by atoms with Gasteiger partial charge < -0.3 is 10.2 Å². The SMILES string of the molecule is C1CCC2NC(CN3CCN(CC4CC4)CC3)CCC2C1. The Kier molecular flexibility index (Phi) is 4.52. The fraction of sp³-hybridized carbons (Fsp3) is 1.00. The molecule has 4 rings (SSSR count). The smallest absolute Gasteiger partial charge is 0.0197 e. The van der Waals surface area contributed by atoms with Gasteiger partial charge in [0.25, 0.3) is 0 Å². The molecule has 1 N–H and O–H groups in total. The number of hydrogen-bond donors (Lipinski definition) is 1. The Morgan fingerprint density at radius 3 is 2.19 bits per heavy atom. The van der Waals surface area contributed by atoms with E-state index >= 15 is 0 Å². The number of hydrogen-bond acceptors (Lipinski definition) is 3. The van der Waals surface area contributed by atoms with Crippen LogP contribution >= 0.6 is 0 Å². The number of nitrogens with zero attached hydrogens (tertiary/aromatic N) is 2. The first kappa shape index (κ1) is 14.5. The highest BCUT2D eigenvalue weighted by Crippen LogP contribution is 2.32. The molecule has 4 fully saturated rings. The predicted molar refractivity (Wildman–Crippen MR) is 87.5 cm³/mol. The van der Waals surface area contributed by atoms with Gasteiger partial charge in [-0.25, -0.2) is 0 Å². The van der Waals surface area contributed by atoms with E-state index in [1.807, 2.05) is 0 Å². The van der Waals surface area contributed by atoms with Crippen LogP contribution in [0.2, 0.25) is 0 Å². The molecular weight excluding hydrogens is 258 g/mol. The van der Waals surface area contributed by atoms with Crippen LogP contribution in [0.25, 0.3) is 0 Å². The van der Waals surface area contributed by atoms with Gasteiger partial charge in [0.15, 0.2) is 0 Å². The summed E-state index contributed by atoms with van der Waals surface area (Å²) in [5.74, 6) is 2.06. The predicted octanol–water partition coefficient (Wildman–Crippen LogP) is 2.32. The van der Waals surface area contributed by atoms with Crippen LogP contribution in [0, 0.1) is 11.8 Å². The third kappa shape index (κ3) is 3.80. The maximum atomic E-state index is 4.00. The van der Waals surface area contributed by atoms with E-state index in [0.29, 0.717) is 0 Å². The molecule has 2 saturated heterocycles. The molecule has 0 bridgehead atoms. The normalized spacial score (nSPS) is 39.1. The maximum absolute atomic E-state index is 4.00. The monoisotopic (exact) mass is 291 g/mol. The van der Waals surface area contributed by atoms with Gasteiger partial charge in [0.05, 0.1) is 0 Å². The molecular formula is C18H33N3. The molecule has 0 aromatic heterocycles. The van der Waals surface area contributed by atoms with Gasteiger partial charge in [0.2, 0.25) is 0 Å². The lowest BCUT2D eigenvalue weighted by Gasteiger charge is -2.43. The largest absolute Gasteiger partial charge is 0.310 e. The molecule has 2 aliphatic heterocycles. The lowest BCUT2D eigenvalue weighted by Crippen LogP contribution is -2.55. The van der Waals surface area contributed by atoms with Crippen molar-refractivity contribution in [2.45, 2.75) is 63.5 Å². The molecule has 3 nitrogen and oxygen atoms in total. The van der Waals surface area contributed by atoms with Gasteiger partial charge in [0, 0.05) is 51.4 Å². The lowest BCUT2D eigenvalue weighted by atomic mass is 9.77. The van der Waals surface area contributed by atoms with Crippen LogP contribution in [0.1, 0.15) is 51.4 Å². The van der Waals surface area contributed by atoms with Gasteiger partial charge >= 0.3 is 0 Å². The van der Waals surface area contributed by atoms with Crippen molar-refractivity contribution < 1.29 is 0 Å². The quantitative estimate of drug-likeness (QED) is 0.857. The summed E-state index contributed by atoms with van der Waals surface area (Å²) in [6.07, 6.45) is 11.8. The average molecular weight is 291 g/mol. The minimum absolute atomic E-state index is 0.777. The molecule has 3 atom stereocenters. The van der Waals surface area contributed by atoms with Crippen LogP contribution in [-0.4, -0.2) is 61.2 Å². The number of rotatable bonds is 4. The second-order valence-electron chi connectivity index (χ2n) is 8.14. The molecule has 3 unspecified atom stereocenters. The lowest BCUT2D eigenvalue weighted by molar-refractivity contribution is 0.0976. The third-order valence-corrected chi connectivity index (χ3v) is 6.40. The van der Waals surface area contributed by atoms with Crippen LogP contribution in [0.3, 0.4) is 0 Å². The zero-order chi connectivity index (χ0) is 14.1. The zero-order valence-electron chi connectivity index (χ0n) is 13.6. The molecule has 120 valence electrons. The number of fused-ring (bicyclic) bond motifs is 1. The second kappa shape index (κ2) is 6.55. The van der Waals surface area contributed by atoms with Crippen molar-refractivity contribution in [3.05, 3.63) is 0 Å². The van der Waals surface area contributed by atoms with Crippen molar-refractivity contribution in [1.82, 2.24) is 15.1 Å². The summed E-state index contributed by atoms with van der Waals surface area (Å²) in [5.41, 5.74) is 0. The Balaban J connectivity index is 1.20. The highest BCUT2D eigenvalue weighted by Gasteiger charge is 2.33. The highest BCUT2D eigenvalue weighted by atomic mass is 15.3. The third-order valence-electron chi connectivity index (χ3n) is 6.40. The molecule has 0 amide bonds. The summed E-state index contributed by atoms with van der Waals surface area (Å²) in [6, 6.07) is 1.63. The van der Waals surface area contributed by atoms with Crippen LogP contribution in [0.15, 0.2) is 0 Å². The maximum Gasteiger partial charge on any atom is 0.0197 e. The molecule has 4 aliphatic rings. The molecule has 2 aliphatic carbocycles. The van der Waals surface area contributed by atoms with E-state index in [1.165, 1.54) is 90.6 Å². The first-order valence-electron chi connectivity index (χ1n) is 9.57. The van der Waals surface area contributed by atoms with E-state index < -0.39 is 0 Å². The molecule has 2 saturated carbocycles. The Morgan fingerprint density at radius 2 is 1.43 bits per heavy atom. The standard InChI is InChI=1S/C18H33N3/c1-2-4-18-16(3-1)7-8-17(19-18)14-21-11-9-20(10-12-21)13-15-5-6-15/h15-19H,1-14H2. The second-order valence-corrected chi connectivity index (χ2v) is 8.14. The first-order chi connectivity index (χ1) is 10.4. The minimum atomic E-state index is 0.777. The number of piperazine rings is 1. The van der Waals surface area contributed by atoms with Crippen molar-refractivity contribution in [3.8, 4) is 0 Å². The Labute approximate surface area is 130 Å². The molecule has 3 heteroatoms. The Hall–Kier alpha value is -0.120. The number of piperidine rings is 1. The average Bonchev–Trinajstić information content (AvgIpc) is 3.33. The molecule has 0 aromatic rings. The van der Waals surface area contributed by atoms with Gasteiger partial charge in [-0.05, 0) is 50.4 Å². The van der Waals surface area contributed by atoms with Gasteiger partial charge in [-0.1, -0.05) is 12.8 Å². The van der Waals surface area contributed by atoms with Gasteiger partial charge in [-0.3, -0.25) is 4.90 Å². The summed E-state index contributed by atoms with van der Waals surface area (Å²) in [7, 11) is 0. The highest BCUT2D eigenvalue weighted by molar-refractivity contribution is 4.91. The fourth-order valence-electron chi connectivity index (χ4n) is 4.85. The molecule has 0 aromatic carbocycles. The molecule has 0 spiro atoms. The van der Waals surface area contributed by atoms with Crippen LogP contribution < -0.4 is 5.32 Å². The van der Waals surface area contributed by atoms with E-state index in [-0.39, 0.29) is 0 Å². The molecule has 21 heavy (non-hydrogen) atoms. The van der Waals surface area contributed by atoms with Crippen LogP contribution in [0.5, 0.6) is 0 Å². The first-order valence-corrected chi connectivity index (χ1v) is 9.57. The van der Waals surface area contributed by atoms with E-state index in [1.54, 1.807) is 0 Å². The van der Waals surface area contributed by atoms with Crippen molar-refractivity contribution in [2.24, 2.45) is 11.8 Å². The summed E-state index contributed by atoms with van der Waals surface area (Å²) < 4.78 is 0. The zero-order valence-corrected chi connectivity index (χ0v) is 13.6. The van der Waals surface area contributed by atoms with Gasteiger partial charge in [0.1, 0.15) is 0 Å². The summed E-state index contributed by atoms with van der Waals surface area (Å²) in [5, 5.41) is 4.00. The van der Waals surface area contributed by atoms with E-state index in [2.05, 4.69) is 15.1 Å². The van der Waals surface area contributed by atoms with Crippen molar-refractivity contribution in [3.63, 3.8) is 0 Å². The van der Waals surface area contributed by atoms with E-state index in [4.69, 9.17) is 0 Å². The fourth-order valence-corrected chi connectivity index (χ4v) is 4.85. The van der Waals surface area contributed by atoms with Crippen molar-refractivity contribution >= 4 is 0 Å². The topological polar surface area (TPSA) is 18.5 Å². The van der Waals surface area contributed by atoms with Gasteiger partial charge in [-0.2, -0.15) is 0 Å². The van der Waals surface area contributed by atoms with Crippen LogP contribution in [0.4, 0.5) is 0 Å². The van der Waals surface area contributed by atoms with Crippen LogP contribution in [-0.2, 0) is 0 Å². The summed E-state index contributed by atoms with van der Waals surface area (Å²) >= 11 is 0. The van der Waals surface area contributed by atoms with Gasteiger partial charge in [-0.15, -0.1) is 0 Å². The van der Waals surface area contributed by atoms with E-state index in [9.17, 15) is 0 Å².